The zero-order chi connectivity index (χ0) is 10.7. The molecular weight excluding hydrogens is 196 g/mol. The van der Waals surface area contributed by atoms with E-state index in [1.807, 2.05) is 0 Å². The van der Waals surface area contributed by atoms with E-state index in [0.29, 0.717) is 19.7 Å². The number of amides is 2. The molecule has 2 rings (SSSR count). The minimum absolute atomic E-state index is 0.0236. The van der Waals surface area contributed by atoms with Crippen LogP contribution in [0, 0.1) is 0 Å². The van der Waals surface area contributed by atoms with Crippen LogP contribution in [0.5, 0.6) is 0 Å². The van der Waals surface area contributed by atoms with Gasteiger partial charge < -0.3 is 15.0 Å². The van der Waals surface area contributed by atoms with Crippen LogP contribution in [0.4, 0.5) is 0 Å². The van der Waals surface area contributed by atoms with Crippen molar-refractivity contribution in [2.24, 2.45) is 0 Å². The Balaban J connectivity index is 1.90. The van der Waals surface area contributed by atoms with Crippen molar-refractivity contribution in [1.29, 1.82) is 0 Å². The van der Waals surface area contributed by atoms with Crippen LogP contribution < -0.4 is 5.32 Å². The molecule has 0 radical (unpaired) electrons. The third-order valence-electron chi connectivity index (χ3n) is 2.81. The molecule has 2 fully saturated rings. The number of hydrogen-bond acceptors (Lipinski definition) is 3. The molecule has 5 nitrogen and oxygen atoms in total. The first-order valence-electron chi connectivity index (χ1n) is 5.44. The first kappa shape index (κ1) is 10.4. The molecule has 0 aromatic carbocycles. The van der Waals surface area contributed by atoms with Gasteiger partial charge in [0.1, 0.15) is 6.10 Å². The average molecular weight is 212 g/mol. The van der Waals surface area contributed by atoms with Gasteiger partial charge in [0.05, 0.1) is 6.54 Å². The van der Waals surface area contributed by atoms with E-state index in [1.54, 1.807) is 4.90 Å². The van der Waals surface area contributed by atoms with Gasteiger partial charge in [0.2, 0.25) is 5.91 Å². The maximum Gasteiger partial charge on any atom is 0.252 e. The van der Waals surface area contributed by atoms with Gasteiger partial charge in [-0.1, -0.05) is 0 Å². The molecule has 2 aliphatic heterocycles. The van der Waals surface area contributed by atoms with E-state index in [0.717, 1.165) is 19.3 Å². The summed E-state index contributed by atoms with van der Waals surface area (Å²) in [4.78, 5) is 24.6. The lowest BCUT2D eigenvalue weighted by Gasteiger charge is -2.31. The first-order valence-corrected chi connectivity index (χ1v) is 5.44. The summed E-state index contributed by atoms with van der Waals surface area (Å²) < 4.78 is 5.41. The normalized spacial score (nSPS) is 27.3. The predicted molar refractivity (Wildman–Crippen MR) is 53.2 cm³/mol. The van der Waals surface area contributed by atoms with Gasteiger partial charge in [-0.3, -0.25) is 9.59 Å². The van der Waals surface area contributed by atoms with Crippen LogP contribution in [0.1, 0.15) is 19.3 Å². The van der Waals surface area contributed by atoms with Crippen molar-refractivity contribution in [3.63, 3.8) is 0 Å². The van der Waals surface area contributed by atoms with E-state index in [1.165, 1.54) is 0 Å². The number of rotatable bonds is 1. The predicted octanol–water partition coefficient (Wildman–Crippen LogP) is -0.486. The summed E-state index contributed by atoms with van der Waals surface area (Å²) in [6.07, 6.45) is 2.54. The number of nitrogens with zero attached hydrogens (tertiary/aromatic N) is 1. The van der Waals surface area contributed by atoms with Gasteiger partial charge in [0.15, 0.2) is 0 Å². The summed E-state index contributed by atoms with van der Waals surface area (Å²) in [7, 11) is 0. The molecule has 2 heterocycles. The van der Waals surface area contributed by atoms with Crippen LogP contribution in [-0.2, 0) is 14.3 Å². The summed E-state index contributed by atoms with van der Waals surface area (Å²) in [5.41, 5.74) is 0. The molecule has 1 N–H and O–H groups in total. The summed E-state index contributed by atoms with van der Waals surface area (Å²) in [6, 6.07) is 0. The minimum atomic E-state index is -0.315. The van der Waals surface area contributed by atoms with Gasteiger partial charge in [-0.15, -0.1) is 0 Å². The van der Waals surface area contributed by atoms with Crippen LogP contribution in [0.2, 0.25) is 0 Å². The van der Waals surface area contributed by atoms with Crippen molar-refractivity contribution in [3.05, 3.63) is 0 Å². The number of ether oxygens (including phenoxy) is 1. The standard InChI is InChI=1S/C10H16N2O3/c13-9-7-12(5-4-11-9)10(14)8-3-1-2-6-15-8/h8H,1-7H2,(H,11,13). The first-order chi connectivity index (χ1) is 7.27. The molecule has 0 aromatic rings. The molecule has 0 aromatic heterocycles. The number of piperazine rings is 1. The fraction of sp³-hybridized carbons (Fsp3) is 0.800. The number of hydrogen-bond donors (Lipinski definition) is 1. The Hall–Kier alpha value is -1.10. The Bertz CT molecular complexity index is 261. The Morgan fingerprint density at radius 2 is 2.33 bits per heavy atom. The molecule has 84 valence electrons. The molecule has 2 aliphatic rings. The molecule has 0 spiro atoms. The van der Waals surface area contributed by atoms with Gasteiger partial charge >= 0.3 is 0 Å². The lowest BCUT2D eigenvalue weighted by molar-refractivity contribution is -0.150. The Morgan fingerprint density at radius 1 is 1.47 bits per heavy atom. The second-order valence-electron chi connectivity index (χ2n) is 3.96. The summed E-state index contributed by atoms with van der Waals surface area (Å²) >= 11 is 0. The smallest absolute Gasteiger partial charge is 0.252 e. The molecule has 2 saturated heterocycles. The fourth-order valence-electron chi connectivity index (χ4n) is 1.97. The van der Waals surface area contributed by atoms with Crippen molar-refractivity contribution >= 4 is 11.8 Å². The van der Waals surface area contributed by atoms with Crippen LogP contribution in [0.25, 0.3) is 0 Å². The van der Waals surface area contributed by atoms with Crippen molar-refractivity contribution in [2.75, 3.05) is 26.2 Å². The lowest BCUT2D eigenvalue weighted by Crippen LogP contribution is -2.53. The Labute approximate surface area is 88.8 Å². The number of carbonyl (C=O) groups is 2. The monoisotopic (exact) mass is 212 g/mol. The van der Waals surface area contributed by atoms with Gasteiger partial charge in [-0.25, -0.2) is 0 Å². The van der Waals surface area contributed by atoms with Crippen molar-refractivity contribution < 1.29 is 14.3 Å². The Morgan fingerprint density at radius 3 is 3.00 bits per heavy atom. The number of carbonyl (C=O) groups excluding carboxylic acids is 2. The zero-order valence-electron chi connectivity index (χ0n) is 8.70. The van der Waals surface area contributed by atoms with Gasteiger partial charge in [-0.2, -0.15) is 0 Å². The highest BCUT2D eigenvalue weighted by Gasteiger charge is 2.29. The Kier molecular flexibility index (Phi) is 3.20. The van der Waals surface area contributed by atoms with Crippen LogP contribution in [0.15, 0.2) is 0 Å². The highest BCUT2D eigenvalue weighted by atomic mass is 16.5. The van der Waals surface area contributed by atoms with Crippen LogP contribution in [-0.4, -0.2) is 49.1 Å². The summed E-state index contributed by atoms with van der Waals surface area (Å²) in [5.74, 6) is -0.102. The highest BCUT2D eigenvalue weighted by Crippen LogP contribution is 2.15. The molecule has 15 heavy (non-hydrogen) atoms. The summed E-state index contributed by atoms with van der Waals surface area (Å²) in [5, 5.41) is 2.70. The minimum Gasteiger partial charge on any atom is -0.368 e. The molecule has 2 amide bonds. The van der Waals surface area contributed by atoms with E-state index >= 15 is 0 Å². The van der Waals surface area contributed by atoms with E-state index in [-0.39, 0.29) is 24.5 Å². The van der Waals surface area contributed by atoms with Crippen molar-refractivity contribution in [3.8, 4) is 0 Å². The average Bonchev–Trinajstić information content (AvgIpc) is 2.29. The SMILES string of the molecule is O=C1CN(C(=O)C2CCCCO2)CCN1. The molecule has 1 atom stereocenters. The van der Waals surface area contributed by atoms with Crippen LogP contribution >= 0.6 is 0 Å². The molecule has 5 heteroatoms. The third kappa shape index (κ3) is 2.47. The van der Waals surface area contributed by atoms with Crippen molar-refractivity contribution in [2.45, 2.75) is 25.4 Å². The topological polar surface area (TPSA) is 58.6 Å². The van der Waals surface area contributed by atoms with Gasteiger partial charge in [0.25, 0.3) is 5.91 Å². The quantitative estimate of drug-likeness (QED) is 0.638. The van der Waals surface area contributed by atoms with Gasteiger partial charge in [-0.05, 0) is 19.3 Å². The second-order valence-corrected chi connectivity index (χ2v) is 3.96. The highest BCUT2D eigenvalue weighted by molar-refractivity contribution is 5.88. The van der Waals surface area contributed by atoms with Crippen molar-refractivity contribution in [1.82, 2.24) is 10.2 Å². The van der Waals surface area contributed by atoms with Gasteiger partial charge in [0, 0.05) is 19.7 Å². The second kappa shape index (κ2) is 4.61. The largest absolute Gasteiger partial charge is 0.368 e. The number of nitrogens with one attached hydrogen (secondary N) is 1. The van der Waals surface area contributed by atoms with E-state index in [9.17, 15) is 9.59 Å². The molecular formula is C10H16N2O3. The third-order valence-corrected chi connectivity index (χ3v) is 2.81. The maximum atomic E-state index is 11.9. The van der Waals surface area contributed by atoms with E-state index < -0.39 is 0 Å². The lowest BCUT2D eigenvalue weighted by atomic mass is 10.1. The maximum absolute atomic E-state index is 11.9. The van der Waals surface area contributed by atoms with E-state index in [2.05, 4.69) is 5.32 Å². The molecule has 0 saturated carbocycles. The van der Waals surface area contributed by atoms with E-state index in [4.69, 9.17) is 4.74 Å². The molecule has 1 unspecified atom stereocenters. The zero-order valence-corrected chi connectivity index (χ0v) is 8.70. The fourth-order valence-corrected chi connectivity index (χ4v) is 1.97. The summed E-state index contributed by atoms with van der Waals surface area (Å²) in [6.45, 7) is 2.00. The molecule has 0 aliphatic carbocycles. The van der Waals surface area contributed by atoms with Crippen LogP contribution in [0.3, 0.4) is 0 Å². The molecule has 0 bridgehead atoms.